The van der Waals surface area contributed by atoms with Crippen molar-refractivity contribution in [2.24, 2.45) is 4.99 Å². The summed E-state index contributed by atoms with van der Waals surface area (Å²) in [5.41, 5.74) is 2.05. The van der Waals surface area contributed by atoms with Crippen molar-refractivity contribution in [2.75, 3.05) is 20.1 Å². The van der Waals surface area contributed by atoms with Crippen LogP contribution in [0.4, 0.5) is 0 Å². The molecule has 0 bridgehead atoms. The van der Waals surface area contributed by atoms with Gasteiger partial charge in [-0.05, 0) is 11.1 Å². The number of amides is 1. The molecule has 4 nitrogen and oxygen atoms in total. The van der Waals surface area contributed by atoms with Gasteiger partial charge < -0.3 is 4.90 Å². The molecule has 2 heterocycles. The van der Waals surface area contributed by atoms with E-state index in [2.05, 4.69) is 58.4 Å². The Kier molecular flexibility index (Phi) is 3.27. The second kappa shape index (κ2) is 5.32. The zero-order valence-corrected chi connectivity index (χ0v) is 13.1. The van der Waals surface area contributed by atoms with Crippen LogP contribution in [-0.4, -0.2) is 47.7 Å². The smallest absolute Gasteiger partial charge is 0.275 e. The van der Waals surface area contributed by atoms with Gasteiger partial charge >= 0.3 is 0 Å². The average Bonchev–Trinajstić information content (AvgIpc) is 2.85. The summed E-state index contributed by atoms with van der Waals surface area (Å²) in [5.74, 6) is -0.0175. The Morgan fingerprint density at radius 3 is 1.91 bits per heavy atom. The van der Waals surface area contributed by atoms with Crippen LogP contribution in [0.25, 0.3) is 0 Å². The van der Waals surface area contributed by atoms with Gasteiger partial charge in [-0.3, -0.25) is 9.69 Å². The fourth-order valence-corrected chi connectivity index (χ4v) is 3.57. The Bertz CT molecular complexity index is 696. The molecule has 0 aliphatic carbocycles. The first-order chi connectivity index (χ1) is 11.2. The number of hydrogen-bond donors (Lipinski definition) is 0. The zero-order chi connectivity index (χ0) is 15.9. The predicted octanol–water partition coefficient (Wildman–Crippen LogP) is 2.33. The summed E-state index contributed by atoms with van der Waals surface area (Å²) in [5, 5.41) is 0. The third-order valence-corrected chi connectivity index (χ3v) is 4.95. The predicted molar refractivity (Wildman–Crippen MR) is 90.3 cm³/mol. The fourth-order valence-electron chi connectivity index (χ4n) is 3.57. The quantitative estimate of drug-likeness (QED) is 0.873. The molecule has 1 fully saturated rings. The van der Waals surface area contributed by atoms with E-state index in [0.29, 0.717) is 13.1 Å². The van der Waals surface area contributed by atoms with Gasteiger partial charge in [0.05, 0.1) is 12.4 Å². The van der Waals surface area contributed by atoms with Gasteiger partial charge in [-0.1, -0.05) is 60.7 Å². The summed E-state index contributed by atoms with van der Waals surface area (Å²) in [7, 11) is 1.94. The van der Waals surface area contributed by atoms with Crippen molar-refractivity contribution in [3.8, 4) is 0 Å². The average molecular weight is 305 g/mol. The Labute approximate surface area is 136 Å². The standard InChI is InChI=1S/C19H19N3O/c1-21-14-20-18(23)19(21)12-22(13-19)17(15-8-4-2-5-9-15)16-10-6-3-7-11-16/h2-11,14,17H,12-13H2,1H3. The van der Waals surface area contributed by atoms with Crippen LogP contribution in [0.2, 0.25) is 0 Å². The first-order valence-corrected chi connectivity index (χ1v) is 7.86. The number of nitrogens with zero attached hydrogens (tertiary/aromatic N) is 3. The summed E-state index contributed by atoms with van der Waals surface area (Å²) in [4.78, 5) is 20.4. The number of rotatable bonds is 3. The third-order valence-electron chi connectivity index (χ3n) is 4.95. The Morgan fingerprint density at radius 2 is 1.48 bits per heavy atom. The molecule has 0 radical (unpaired) electrons. The molecule has 1 saturated heterocycles. The number of carbonyl (C=O) groups excluding carboxylic acids is 1. The lowest BCUT2D eigenvalue weighted by atomic mass is 9.84. The Hall–Kier alpha value is -2.46. The van der Waals surface area contributed by atoms with Gasteiger partial charge in [-0.25, -0.2) is 4.99 Å². The van der Waals surface area contributed by atoms with E-state index in [4.69, 9.17) is 0 Å². The van der Waals surface area contributed by atoms with E-state index in [9.17, 15) is 4.79 Å². The summed E-state index contributed by atoms with van der Waals surface area (Å²) in [6.07, 6.45) is 1.65. The van der Waals surface area contributed by atoms with E-state index >= 15 is 0 Å². The van der Waals surface area contributed by atoms with Gasteiger partial charge in [-0.2, -0.15) is 0 Å². The van der Waals surface area contributed by atoms with E-state index in [1.807, 2.05) is 24.1 Å². The molecule has 2 aromatic rings. The molecule has 2 aromatic carbocycles. The summed E-state index contributed by atoms with van der Waals surface area (Å²) >= 11 is 0. The van der Waals surface area contributed by atoms with Crippen LogP contribution in [-0.2, 0) is 4.79 Å². The first-order valence-electron chi connectivity index (χ1n) is 7.86. The number of hydrogen-bond acceptors (Lipinski definition) is 3. The minimum atomic E-state index is -0.457. The number of likely N-dealkylation sites (N-methyl/N-ethyl adjacent to an activating group) is 1. The lowest BCUT2D eigenvalue weighted by Crippen LogP contribution is -2.71. The van der Waals surface area contributed by atoms with Gasteiger partial charge in [-0.15, -0.1) is 0 Å². The SMILES string of the molecule is CN1C=NC(=O)C12CN(C(c1ccccc1)c1ccccc1)C2. The van der Waals surface area contributed by atoms with Gasteiger partial charge in [0, 0.05) is 20.1 Å². The second-order valence-corrected chi connectivity index (χ2v) is 6.32. The molecule has 0 saturated carbocycles. The molecular weight excluding hydrogens is 286 g/mol. The highest BCUT2D eigenvalue weighted by Gasteiger charge is 2.56. The highest BCUT2D eigenvalue weighted by molar-refractivity contribution is 6.00. The normalized spacial score (nSPS) is 19.6. The van der Waals surface area contributed by atoms with Crippen molar-refractivity contribution in [3.05, 3.63) is 71.8 Å². The van der Waals surface area contributed by atoms with Crippen molar-refractivity contribution < 1.29 is 4.79 Å². The maximum atomic E-state index is 12.2. The van der Waals surface area contributed by atoms with E-state index in [1.54, 1.807) is 6.34 Å². The molecule has 0 unspecified atom stereocenters. The number of likely N-dealkylation sites (tertiary alicyclic amines) is 1. The van der Waals surface area contributed by atoms with Crippen LogP contribution in [0.15, 0.2) is 65.7 Å². The number of benzene rings is 2. The zero-order valence-electron chi connectivity index (χ0n) is 13.1. The minimum Gasteiger partial charge on any atom is -0.349 e. The van der Waals surface area contributed by atoms with Crippen molar-refractivity contribution in [1.29, 1.82) is 0 Å². The summed E-state index contributed by atoms with van der Waals surface area (Å²) in [6.45, 7) is 1.41. The molecule has 1 spiro atoms. The monoisotopic (exact) mass is 305 g/mol. The topological polar surface area (TPSA) is 35.9 Å². The molecule has 23 heavy (non-hydrogen) atoms. The first kappa shape index (κ1) is 14.2. The largest absolute Gasteiger partial charge is 0.349 e. The molecule has 2 aliphatic heterocycles. The molecule has 4 rings (SSSR count). The van der Waals surface area contributed by atoms with Crippen LogP contribution in [0.1, 0.15) is 17.2 Å². The van der Waals surface area contributed by atoms with Crippen molar-refractivity contribution >= 4 is 12.2 Å². The van der Waals surface area contributed by atoms with Crippen molar-refractivity contribution in [1.82, 2.24) is 9.80 Å². The van der Waals surface area contributed by atoms with Crippen LogP contribution in [0.5, 0.6) is 0 Å². The van der Waals surface area contributed by atoms with Gasteiger partial charge in [0.25, 0.3) is 5.91 Å². The van der Waals surface area contributed by atoms with Crippen LogP contribution < -0.4 is 0 Å². The highest BCUT2D eigenvalue weighted by atomic mass is 16.2. The summed E-state index contributed by atoms with van der Waals surface area (Å²) < 4.78 is 0. The molecule has 0 aromatic heterocycles. The van der Waals surface area contributed by atoms with E-state index in [0.717, 1.165) is 0 Å². The molecule has 2 aliphatic rings. The maximum absolute atomic E-state index is 12.2. The van der Waals surface area contributed by atoms with E-state index in [-0.39, 0.29) is 11.9 Å². The molecular formula is C19H19N3O. The van der Waals surface area contributed by atoms with E-state index in [1.165, 1.54) is 11.1 Å². The van der Waals surface area contributed by atoms with Gasteiger partial charge in [0.15, 0.2) is 0 Å². The van der Waals surface area contributed by atoms with Crippen LogP contribution in [0, 0.1) is 0 Å². The van der Waals surface area contributed by atoms with Crippen molar-refractivity contribution in [2.45, 2.75) is 11.6 Å². The number of aliphatic imine (C=N–C) groups is 1. The van der Waals surface area contributed by atoms with Crippen molar-refractivity contribution in [3.63, 3.8) is 0 Å². The lowest BCUT2D eigenvalue weighted by molar-refractivity contribution is -0.135. The van der Waals surface area contributed by atoms with E-state index < -0.39 is 5.54 Å². The molecule has 4 heteroatoms. The Balaban J connectivity index is 1.65. The minimum absolute atomic E-state index is 0.0175. The molecule has 0 atom stereocenters. The molecule has 0 N–H and O–H groups in total. The lowest BCUT2D eigenvalue weighted by Gasteiger charge is -2.52. The van der Waals surface area contributed by atoms with Gasteiger partial charge in [0.2, 0.25) is 0 Å². The van der Waals surface area contributed by atoms with Crippen LogP contribution >= 0.6 is 0 Å². The molecule has 1 amide bonds. The Morgan fingerprint density at radius 1 is 0.957 bits per heavy atom. The molecule has 116 valence electrons. The summed E-state index contributed by atoms with van der Waals surface area (Å²) in [6, 6.07) is 21.1. The second-order valence-electron chi connectivity index (χ2n) is 6.32. The number of carbonyl (C=O) groups is 1. The highest BCUT2D eigenvalue weighted by Crippen LogP contribution is 2.39. The maximum Gasteiger partial charge on any atom is 0.275 e. The third kappa shape index (κ3) is 2.18. The fraction of sp³-hybridized carbons (Fsp3) is 0.263. The van der Waals surface area contributed by atoms with Gasteiger partial charge in [0.1, 0.15) is 5.54 Å². The van der Waals surface area contributed by atoms with Crippen LogP contribution in [0.3, 0.4) is 0 Å².